The molecule has 5 aromatic carbocycles. The van der Waals surface area contributed by atoms with Crippen molar-refractivity contribution in [1.29, 1.82) is 0 Å². The molecule has 0 spiro atoms. The second-order valence-corrected chi connectivity index (χ2v) is 15.9. The first kappa shape index (κ1) is 37.9. The monoisotopic (exact) mass is 792 g/mol. The Labute approximate surface area is 325 Å². The summed E-state index contributed by atoms with van der Waals surface area (Å²) in [5, 5.41) is 9.79. The van der Waals surface area contributed by atoms with Gasteiger partial charge in [-0.25, -0.2) is 18.4 Å². The third-order valence-corrected chi connectivity index (χ3v) is 11.2. The first-order valence-electron chi connectivity index (χ1n) is 16.4. The second-order valence-electron chi connectivity index (χ2n) is 11.9. The van der Waals surface area contributed by atoms with Crippen LogP contribution < -0.4 is 21.1 Å². The standard InChI is InChI=1S/C23H18ClN3O3S2.C17H15N3OS/c1-15-4-2-3-5-20(15)22(28)21-14-25-23(31-21)26-17-8-10-18(11-9-17)27-32(29,30)19-12-6-16(24)7-13-19;1-11-4-2-3-5-14(11)16(21)15-10-22-17(20-15)19-13-8-6-12(18)7-9-13/h2-14,27H,1H3,(H,25,26);2-10H,18H2,1H3,(H,19,20). The van der Waals surface area contributed by atoms with Crippen LogP contribution in [-0.4, -0.2) is 30.0 Å². The lowest BCUT2D eigenvalue weighted by Crippen LogP contribution is -2.12. The van der Waals surface area contributed by atoms with E-state index < -0.39 is 10.0 Å². The number of benzene rings is 5. The summed E-state index contributed by atoms with van der Waals surface area (Å²) in [6.07, 6.45) is 1.55. The number of halogens is 1. The van der Waals surface area contributed by atoms with Gasteiger partial charge in [0, 0.05) is 44.3 Å². The maximum atomic E-state index is 12.7. The van der Waals surface area contributed by atoms with E-state index in [1.165, 1.54) is 46.9 Å². The number of aryl methyl sites for hydroxylation is 2. The number of nitrogen functional groups attached to an aromatic ring is 1. The highest BCUT2D eigenvalue weighted by Crippen LogP contribution is 2.27. The molecule has 2 heterocycles. The van der Waals surface area contributed by atoms with Gasteiger partial charge in [-0.1, -0.05) is 71.5 Å². The van der Waals surface area contributed by atoms with Gasteiger partial charge in [0.05, 0.1) is 16.0 Å². The quantitative estimate of drug-likeness (QED) is 0.0740. The lowest BCUT2D eigenvalue weighted by molar-refractivity contribution is 0.102. The van der Waals surface area contributed by atoms with Gasteiger partial charge in [-0.2, -0.15) is 0 Å². The maximum Gasteiger partial charge on any atom is 0.261 e. The Kier molecular flexibility index (Phi) is 11.8. The van der Waals surface area contributed by atoms with E-state index in [0.717, 1.165) is 16.8 Å². The maximum absolute atomic E-state index is 12.7. The SMILES string of the molecule is Cc1ccccc1C(=O)c1cnc(Nc2ccc(NS(=O)(=O)c3ccc(Cl)cc3)cc2)s1.Cc1ccccc1C(=O)c1csc(Nc2ccc(N)cc2)n1. The number of aromatic nitrogens is 2. The molecule has 0 atom stereocenters. The minimum Gasteiger partial charge on any atom is -0.399 e. The Hall–Kier alpha value is -5.86. The van der Waals surface area contributed by atoms with Crippen molar-refractivity contribution in [2.75, 3.05) is 21.1 Å². The Morgan fingerprint density at radius 1 is 0.685 bits per heavy atom. The van der Waals surface area contributed by atoms with Crippen molar-refractivity contribution >= 4 is 88.9 Å². The molecule has 5 N–H and O–H groups in total. The normalized spacial score (nSPS) is 10.9. The van der Waals surface area contributed by atoms with Gasteiger partial charge in [0.1, 0.15) is 5.69 Å². The third-order valence-electron chi connectivity index (χ3n) is 7.92. The summed E-state index contributed by atoms with van der Waals surface area (Å²) in [6.45, 7) is 3.82. The lowest BCUT2D eigenvalue weighted by Gasteiger charge is -2.09. The predicted molar refractivity (Wildman–Crippen MR) is 220 cm³/mol. The highest BCUT2D eigenvalue weighted by Gasteiger charge is 2.17. The van der Waals surface area contributed by atoms with Gasteiger partial charge in [0.2, 0.25) is 11.6 Å². The number of nitrogens with two attached hydrogens (primary N) is 1. The van der Waals surface area contributed by atoms with Crippen molar-refractivity contribution in [2.24, 2.45) is 0 Å². The predicted octanol–water partition coefficient (Wildman–Crippen LogP) is 9.89. The van der Waals surface area contributed by atoms with Crippen LogP contribution >= 0.6 is 34.3 Å². The van der Waals surface area contributed by atoms with E-state index in [0.29, 0.717) is 54.0 Å². The minimum absolute atomic E-state index is 0.0558. The van der Waals surface area contributed by atoms with Gasteiger partial charge in [-0.05, 0) is 97.8 Å². The van der Waals surface area contributed by atoms with Crippen molar-refractivity contribution in [2.45, 2.75) is 18.7 Å². The molecule has 0 unspecified atom stereocenters. The molecule has 54 heavy (non-hydrogen) atoms. The topological polar surface area (TPSA) is 156 Å². The van der Waals surface area contributed by atoms with Gasteiger partial charge in [-0.15, -0.1) is 11.3 Å². The molecule has 0 amide bonds. The van der Waals surface area contributed by atoms with Crippen LogP contribution in [-0.2, 0) is 10.0 Å². The first-order chi connectivity index (χ1) is 25.9. The summed E-state index contributed by atoms with van der Waals surface area (Å²) in [5.74, 6) is -0.125. The van der Waals surface area contributed by atoms with E-state index in [-0.39, 0.29) is 16.5 Å². The van der Waals surface area contributed by atoms with Crippen LogP contribution in [0, 0.1) is 13.8 Å². The van der Waals surface area contributed by atoms with Crippen molar-refractivity contribution in [1.82, 2.24) is 9.97 Å². The molecule has 7 aromatic rings. The minimum atomic E-state index is -3.71. The fourth-order valence-electron chi connectivity index (χ4n) is 5.06. The van der Waals surface area contributed by atoms with Crippen molar-refractivity contribution < 1.29 is 18.0 Å². The number of carbonyl (C=O) groups excluding carboxylic acids is 2. The van der Waals surface area contributed by atoms with Gasteiger partial charge >= 0.3 is 0 Å². The zero-order chi connectivity index (χ0) is 38.2. The molecular formula is C40H33ClN6O4S3. The van der Waals surface area contributed by atoms with Crippen LogP contribution in [0.3, 0.4) is 0 Å². The summed E-state index contributed by atoms with van der Waals surface area (Å²) in [6, 6.07) is 35.0. The highest BCUT2D eigenvalue weighted by atomic mass is 35.5. The Balaban J connectivity index is 0.000000197. The summed E-state index contributed by atoms with van der Waals surface area (Å²) in [7, 11) is -3.71. The fourth-order valence-corrected chi connectivity index (χ4v) is 7.75. The van der Waals surface area contributed by atoms with Crippen LogP contribution in [0.4, 0.5) is 33.0 Å². The summed E-state index contributed by atoms with van der Waals surface area (Å²) in [4.78, 5) is 34.5. The number of hydrogen-bond acceptors (Lipinski definition) is 11. The van der Waals surface area contributed by atoms with Gasteiger partial charge in [-0.3, -0.25) is 14.3 Å². The van der Waals surface area contributed by atoms with Crippen LogP contribution in [0.2, 0.25) is 5.02 Å². The van der Waals surface area contributed by atoms with Gasteiger partial charge in [0.25, 0.3) is 10.0 Å². The number of ketones is 2. The first-order valence-corrected chi connectivity index (χ1v) is 19.9. The largest absolute Gasteiger partial charge is 0.399 e. The number of thiazole rings is 2. The molecule has 0 saturated carbocycles. The summed E-state index contributed by atoms with van der Waals surface area (Å²) < 4.78 is 27.5. The number of carbonyl (C=O) groups is 2. The van der Waals surface area contributed by atoms with E-state index in [4.69, 9.17) is 17.3 Å². The fraction of sp³-hybridized carbons (Fsp3) is 0.0500. The summed E-state index contributed by atoms with van der Waals surface area (Å²) in [5.41, 5.74) is 12.0. The molecule has 0 aliphatic rings. The third kappa shape index (κ3) is 9.57. The molecule has 272 valence electrons. The van der Waals surface area contributed by atoms with E-state index in [1.807, 2.05) is 80.6 Å². The molecule has 0 aliphatic heterocycles. The van der Waals surface area contributed by atoms with E-state index in [1.54, 1.807) is 41.9 Å². The second kappa shape index (κ2) is 16.9. The molecule has 0 radical (unpaired) electrons. The highest BCUT2D eigenvalue weighted by molar-refractivity contribution is 7.92. The van der Waals surface area contributed by atoms with E-state index in [9.17, 15) is 18.0 Å². The number of anilines is 6. The van der Waals surface area contributed by atoms with Crippen LogP contribution in [0.1, 0.15) is 42.4 Å². The molecule has 14 heteroatoms. The molecule has 0 fully saturated rings. The lowest BCUT2D eigenvalue weighted by atomic mass is 10.0. The van der Waals surface area contributed by atoms with Gasteiger partial charge in [0.15, 0.2) is 10.3 Å². The van der Waals surface area contributed by atoms with Gasteiger partial charge < -0.3 is 16.4 Å². The van der Waals surface area contributed by atoms with Crippen LogP contribution in [0.25, 0.3) is 0 Å². The zero-order valence-electron chi connectivity index (χ0n) is 28.9. The Bertz CT molecular complexity index is 2520. The summed E-state index contributed by atoms with van der Waals surface area (Å²) >= 11 is 8.48. The Morgan fingerprint density at radius 3 is 1.83 bits per heavy atom. The molecule has 0 aliphatic carbocycles. The van der Waals surface area contributed by atoms with Crippen molar-refractivity contribution in [3.63, 3.8) is 0 Å². The Morgan fingerprint density at radius 2 is 1.22 bits per heavy atom. The molecule has 0 bridgehead atoms. The number of hydrogen-bond donors (Lipinski definition) is 4. The van der Waals surface area contributed by atoms with Crippen molar-refractivity contribution in [3.05, 3.63) is 171 Å². The smallest absolute Gasteiger partial charge is 0.261 e. The van der Waals surface area contributed by atoms with Crippen molar-refractivity contribution in [3.8, 4) is 0 Å². The molecule has 10 nitrogen and oxygen atoms in total. The average Bonchev–Trinajstić information content (AvgIpc) is 3.84. The molecule has 0 saturated heterocycles. The van der Waals surface area contributed by atoms with E-state index >= 15 is 0 Å². The zero-order valence-corrected chi connectivity index (χ0v) is 32.1. The molecular weight excluding hydrogens is 760 g/mol. The number of sulfonamides is 1. The van der Waals surface area contributed by atoms with E-state index in [2.05, 4.69) is 25.3 Å². The molecule has 2 aromatic heterocycles. The van der Waals surface area contributed by atoms with Crippen LogP contribution in [0.15, 0.2) is 138 Å². The number of rotatable bonds is 11. The number of nitrogens with one attached hydrogen (secondary N) is 3. The number of nitrogens with zero attached hydrogens (tertiary/aromatic N) is 2. The van der Waals surface area contributed by atoms with Crippen LogP contribution in [0.5, 0.6) is 0 Å². The molecule has 7 rings (SSSR count). The average molecular weight is 793 g/mol.